The van der Waals surface area contributed by atoms with Crippen molar-refractivity contribution in [3.8, 4) is 0 Å². The number of likely N-dealkylation sites (N-methyl/N-ethyl adjacent to an activating group) is 1. The van der Waals surface area contributed by atoms with E-state index in [0.717, 1.165) is 19.6 Å². The van der Waals surface area contributed by atoms with Crippen LogP contribution in [0.3, 0.4) is 0 Å². The smallest absolute Gasteiger partial charge is 0.239 e. The van der Waals surface area contributed by atoms with Gasteiger partial charge in [-0.1, -0.05) is 5.16 Å². The highest BCUT2D eigenvalue weighted by atomic mass is 16.5. The standard InChI is InChI=1S/C12H21N5O2/c1-9-5-11(15-19-9)14-12(18)8-17-4-3-16(2)7-10(17)6-13/h5,10H,3-4,6-8,13H2,1-2H3,(H,14,15,18). The summed E-state index contributed by atoms with van der Waals surface area (Å²) in [5.41, 5.74) is 5.76. The van der Waals surface area contributed by atoms with Crippen molar-refractivity contribution >= 4 is 11.7 Å². The van der Waals surface area contributed by atoms with Crippen LogP contribution in [-0.4, -0.2) is 66.7 Å². The quantitative estimate of drug-likeness (QED) is 0.764. The van der Waals surface area contributed by atoms with Gasteiger partial charge in [0.25, 0.3) is 0 Å². The molecule has 0 saturated carbocycles. The van der Waals surface area contributed by atoms with Crippen molar-refractivity contribution in [1.82, 2.24) is 15.0 Å². The zero-order valence-electron chi connectivity index (χ0n) is 11.4. The van der Waals surface area contributed by atoms with E-state index in [0.29, 0.717) is 24.7 Å². The zero-order valence-corrected chi connectivity index (χ0v) is 11.4. The Balaban J connectivity index is 1.87. The van der Waals surface area contributed by atoms with Crippen LogP contribution in [-0.2, 0) is 4.79 Å². The summed E-state index contributed by atoms with van der Waals surface area (Å²) >= 11 is 0. The first-order valence-corrected chi connectivity index (χ1v) is 6.44. The van der Waals surface area contributed by atoms with E-state index in [4.69, 9.17) is 10.3 Å². The third kappa shape index (κ3) is 3.76. The predicted octanol–water partition coefficient (Wildman–Crippen LogP) is -0.504. The van der Waals surface area contributed by atoms with E-state index in [2.05, 4.69) is 27.3 Å². The molecule has 1 saturated heterocycles. The lowest BCUT2D eigenvalue weighted by molar-refractivity contribution is -0.118. The van der Waals surface area contributed by atoms with E-state index < -0.39 is 0 Å². The highest BCUT2D eigenvalue weighted by Gasteiger charge is 2.25. The third-order valence-electron chi connectivity index (χ3n) is 3.32. The normalized spacial score (nSPS) is 21.5. The van der Waals surface area contributed by atoms with Crippen molar-refractivity contribution in [2.75, 3.05) is 45.1 Å². The first kappa shape index (κ1) is 14.0. The number of anilines is 1. The maximum absolute atomic E-state index is 11.9. The van der Waals surface area contributed by atoms with Crippen LogP contribution >= 0.6 is 0 Å². The van der Waals surface area contributed by atoms with Gasteiger partial charge in [-0.3, -0.25) is 9.69 Å². The monoisotopic (exact) mass is 267 g/mol. The van der Waals surface area contributed by atoms with E-state index in [1.165, 1.54) is 0 Å². The van der Waals surface area contributed by atoms with Crippen molar-refractivity contribution in [2.24, 2.45) is 5.73 Å². The lowest BCUT2D eigenvalue weighted by Gasteiger charge is -2.38. The summed E-state index contributed by atoms with van der Waals surface area (Å²) in [6, 6.07) is 1.92. The van der Waals surface area contributed by atoms with E-state index >= 15 is 0 Å². The Hall–Kier alpha value is -1.44. The molecule has 1 aromatic heterocycles. The van der Waals surface area contributed by atoms with Crippen LogP contribution in [0.4, 0.5) is 5.82 Å². The maximum atomic E-state index is 11.9. The molecule has 7 heteroatoms. The Bertz CT molecular complexity index is 434. The number of nitrogens with one attached hydrogen (secondary N) is 1. The Labute approximate surface area is 112 Å². The van der Waals surface area contributed by atoms with E-state index in [1.54, 1.807) is 13.0 Å². The Morgan fingerprint density at radius 1 is 1.63 bits per heavy atom. The van der Waals surface area contributed by atoms with Gasteiger partial charge in [-0.05, 0) is 14.0 Å². The molecule has 1 fully saturated rings. The van der Waals surface area contributed by atoms with Gasteiger partial charge in [-0.15, -0.1) is 0 Å². The van der Waals surface area contributed by atoms with Crippen molar-refractivity contribution in [3.05, 3.63) is 11.8 Å². The first-order chi connectivity index (χ1) is 9.08. The highest BCUT2D eigenvalue weighted by Crippen LogP contribution is 2.09. The third-order valence-corrected chi connectivity index (χ3v) is 3.32. The Kier molecular flexibility index (Phi) is 4.52. The van der Waals surface area contributed by atoms with Crippen LogP contribution in [0.1, 0.15) is 5.76 Å². The van der Waals surface area contributed by atoms with Gasteiger partial charge in [0.15, 0.2) is 5.82 Å². The minimum atomic E-state index is -0.0868. The molecule has 1 unspecified atom stereocenters. The summed E-state index contributed by atoms with van der Waals surface area (Å²) in [6.45, 7) is 5.37. The minimum absolute atomic E-state index is 0.0868. The number of aryl methyl sites for hydroxylation is 1. The lowest BCUT2D eigenvalue weighted by atomic mass is 10.1. The van der Waals surface area contributed by atoms with Gasteiger partial charge in [-0.25, -0.2) is 0 Å². The zero-order chi connectivity index (χ0) is 13.8. The fourth-order valence-corrected chi connectivity index (χ4v) is 2.27. The van der Waals surface area contributed by atoms with Crippen LogP contribution in [0.15, 0.2) is 10.6 Å². The Morgan fingerprint density at radius 2 is 2.42 bits per heavy atom. The lowest BCUT2D eigenvalue weighted by Crippen LogP contribution is -2.56. The molecule has 1 atom stereocenters. The number of hydrogen-bond donors (Lipinski definition) is 2. The van der Waals surface area contributed by atoms with E-state index in [9.17, 15) is 4.79 Å². The molecule has 0 spiro atoms. The molecule has 106 valence electrons. The molecule has 1 aromatic rings. The van der Waals surface area contributed by atoms with Crippen LogP contribution < -0.4 is 11.1 Å². The van der Waals surface area contributed by atoms with Crippen molar-refractivity contribution in [1.29, 1.82) is 0 Å². The number of aromatic nitrogens is 1. The van der Waals surface area contributed by atoms with E-state index in [1.807, 2.05) is 0 Å². The van der Waals surface area contributed by atoms with Gasteiger partial charge in [0.1, 0.15) is 5.76 Å². The average molecular weight is 267 g/mol. The van der Waals surface area contributed by atoms with Crippen molar-refractivity contribution in [2.45, 2.75) is 13.0 Å². The predicted molar refractivity (Wildman–Crippen MR) is 71.8 cm³/mol. The number of carbonyl (C=O) groups excluding carboxylic acids is 1. The molecule has 0 bridgehead atoms. The summed E-state index contributed by atoms with van der Waals surface area (Å²) in [5.74, 6) is 1.05. The molecule has 1 amide bonds. The van der Waals surface area contributed by atoms with Gasteiger partial charge in [0.2, 0.25) is 5.91 Å². The molecule has 2 rings (SSSR count). The largest absolute Gasteiger partial charge is 0.360 e. The second-order valence-corrected chi connectivity index (χ2v) is 4.99. The second-order valence-electron chi connectivity index (χ2n) is 4.99. The van der Waals surface area contributed by atoms with Crippen LogP contribution in [0, 0.1) is 6.92 Å². The summed E-state index contributed by atoms with van der Waals surface area (Å²) in [5, 5.41) is 6.47. The average Bonchev–Trinajstić information content (AvgIpc) is 2.76. The van der Waals surface area contributed by atoms with Gasteiger partial charge in [-0.2, -0.15) is 0 Å². The second kappa shape index (κ2) is 6.14. The molecule has 3 N–H and O–H groups in total. The summed E-state index contributed by atoms with van der Waals surface area (Å²) < 4.78 is 4.91. The topological polar surface area (TPSA) is 87.6 Å². The fraction of sp³-hybridized carbons (Fsp3) is 0.667. The molecular weight excluding hydrogens is 246 g/mol. The van der Waals surface area contributed by atoms with Crippen LogP contribution in [0.2, 0.25) is 0 Å². The number of rotatable bonds is 4. The van der Waals surface area contributed by atoms with Crippen LogP contribution in [0.25, 0.3) is 0 Å². The van der Waals surface area contributed by atoms with Gasteiger partial charge < -0.3 is 20.5 Å². The van der Waals surface area contributed by atoms with E-state index in [-0.39, 0.29) is 11.9 Å². The molecule has 0 aliphatic carbocycles. The highest BCUT2D eigenvalue weighted by molar-refractivity contribution is 5.91. The molecule has 0 radical (unpaired) electrons. The SMILES string of the molecule is Cc1cc(NC(=O)CN2CCN(C)CC2CN)no1. The molecule has 0 aromatic carbocycles. The number of nitrogens with zero attached hydrogens (tertiary/aromatic N) is 3. The maximum Gasteiger partial charge on any atom is 0.239 e. The number of amides is 1. The van der Waals surface area contributed by atoms with Crippen molar-refractivity contribution in [3.63, 3.8) is 0 Å². The summed E-state index contributed by atoms with van der Waals surface area (Å²) in [4.78, 5) is 16.3. The van der Waals surface area contributed by atoms with Crippen LogP contribution in [0.5, 0.6) is 0 Å². The molecule has 19 heavy (non-hydrogen) atoms. The minimum Gasteiger partial charge on any atom is -0.360 e. The molecule has 2 heterocycles. The molecule has 1 aliphatic rings. The van der Waals surface area contributed by atoms with Gasteiger partial charge in [0.05, 0.1) is 6.54 Å². The fourth-order valence-electron chi connectivity index (χ4n) is 2.27. The Morgan fingerprint density at radius 3 is 3.05 bits per heavy atom. The number of hydrogen-bond acceptors (Lipinski definition) is 6. The summed E-state index contributed by atoms with van der Waals surface area (Å²) in [7, 11) is 2.07. The van der Waals surface area contributed by atoms with Crippen molar-refractivity contribution < 1.29 is 9.32 Å². The molecule has 1 aliphatic heterocycles. The number of carbonyl (C=O) groups is 1. The number of piperazine rings is 1. The summed E-state index contributed by atoms with van der Waals surface area (Å²) in [6.07, 6.45) is 0. The first-order valence-electron chi connectivity index (χ1n) is 6.44. The number of nitrogens with two attached hydrogens (primary N) is 1. The van der Waals surface area contributed by atoms with Gasteiger partial charge >= 0.3 is 0 Å². The molecule has 7 nitrogen and oxygen atoms in total. The van der Waals surface area contributed by atoms with Gasteiger partial charge in [0, 0.05) is 38.3 Å². The molecular formula is C12H21N5O2.